The van der Waals surface area contributed by atoms with Crippen molar-refractivity contribution < 1.29 is 24.3 Å². The van der Waals surface area contributed by atoms with E-state index in [0.717, 1.165) is 5.56 Å². The van der Waals surface area contributed by atoms with Crippen molar-refractivity contribution in [3.8, 4) is 0 Å². The van der Waals surface area contributed by atoms with Gasteiger partial charge in [0.15, 0.2) is 0 Å². The molecule has 0 saturated heterocycles. The van der Waals surface area contributed by atoms with E-state index in [4.69, 9.17) is 5.73 Å². The first kappa shape index (κ1) is 27.4. The Kier molecular flexibility index (Phi) is 11.2. The molecular formula is C22H34N4O5S. The van der Waals surface area contributed by atoms with Gasteiger partial charge < -0.3 is 26.8 Å². The summed E-state index contributed by atoms with van der Waals surface area (Å²) in [7, 11) is 0. The molecule has 0 aliphatic carbocycles. The van der Waals surface area contributed by atoms with Gasteiger partial charge in [0.2, 0.25) is 17.7 Å². The summed E-state index contributed by atoms with van der Waals surface area (Å²) >= 11 is 4.12. The third kappa shape index (κ3) is 8.51. The molecule has 178 valence electrons. The molecule has 9 nitrogen and oxygen atoms in total. The summed E-state index contributed by atoms with van der Waals surface area (Å²) in [6.45, 7) is 7.09. The fourth-order valence-corrected chi connectivity index (χ4v) is 3.12. The highest BCUT2D eigenvalue weighted by molar-refractivity contribution is 7.80. The van der Waals surface area contributed by atoms with Gasteiger partial charge >= 0.3 is 5.97 Å². The Balaban J connectivity index is 2.84. The number of benzene rings is 1. The Morgan fingerprint density at radius 2 is 1.44 bits per heavy atom. The van der Waals surface area contributed by atoms with Gasteiger partial charge in [0.1, 0.15) is 18.1 Å². The summed E-state index contributed by atoms with van der Waals surface area (Å²) in [5.41, 5.74) is 6.60. The number of hydrogen-bond acceptors (Lipinski definition) is 6. The lowest BCUT2D eigenvalue weighted by atomic mass is 10.00. The molecule has 0 fully saturated rings. The number of carbonyl (C=O) groups is 4. The monoisotopic (exact) mass is 466 g/mol. The smallest absolute Gasteiger partial charge is 0.326 e. The number of thiol groups is 1. The molecule has 0 spiro atoms. The van der Waals surface area contributed by atoms with Crippen molar-refractivity contribution in [1.82, 2.24) is 16.0 Å². The van der Waals surface area contributed by atoms with Crippen molar-refractivity contribution in [1.29, 1.82) is 0 Å². The zero-order chi connectivity index (χ0) is 24.4. The number of rotatable bonds is 12. The van der Waals surface area contributed by atoms with Gasteiger partial charge in [0, 0.05) is 12.2 Å². The largest absolute Gasteiger partial charge is 0.480 e. The third-order valence-electron chi connectivity index (χ3n) is 4.98. The van der Waals surface area contributed by atoms with E-state index in [-0.39, 0.29) is 24.0 Å². The molecule has 1 aromatic rings. The lowest BCUT2D eigenvalue weighted by Gasteiger charge is -2.27. The average molecular weight is 467 g/mol. The fourth-order valence-electron chi connectivity index (χ4n) is 2.86. The molecule has 0 aromatic heterocycles. The first-order valence-electron chi connectivity index (χ1n) is 10.5. The first-order valence-corrected chi connectivity index (χ1v) is 11.1. The molecule has 32 heavy (non-hydrogen) atoms. The van der Waals surface area contributed by atoms with Crippen LogP contribution in [0.15, 0.2) is 30.3 Å². The molecule has 0 aliphatic rings. The predicted octanol–water partition coefficient (Wildman–Crippen LogP) is 0.337. The summed E-state index contributed by atoms with van der Waals surface area (Å²) in [6.07, 6.45) is 0.0902. The van der Waals surface area contributed by atoms with Crippen LogP contribution in [0.1, 0.15) is 33.3 Å². The van der Waals surface area contributed by atoms with Crippen LogP contribution < -0.4 is 21.7 Å². The number of carboxylic acids is 1. The van der Waals surface area contributed by atoms with Crippen LogP contribution in [0, 0.1) is 11.8 Å². The van der Waals surface area contributed by atoms with Crippen molar-refractivity contribution >= 4 is 36.3 Å². The molecule has 3 amide bonds. The molecule has 0 saturated carbocycles. The SMILES string of the molecule is CC(C)C(N)C(=O)NC(C(=O)NC(CS)C(=O)NC(Cc1ccccc1)C(=O)O)C(C)C. The van der Waals surface area contributed by atoms with E-state index < -0.39 is 47.9 Å². The fraction of sp³-hybridized carbons (Fsp3) is 0.545. The minimum absolute atomic E-state index is 0.0560. The van der Waals surface area contributed by atoms with Gasteiger partial charge in [0.25, 0.3) is 0 Å². The molecule has 6 N–H and O–H groups in total. The van der Waals surface area contributed by atoms with E-state index in [1.54, 1.807) is 52.0 Å². The van der Waals surface area contributed by atoms with E-state index in [0.29, 0.717) is 0 Å². The number of aliphatic carboxylic acids is 1. The number of nitrogens with one attached hydrogen (secondary N) is 3. The molecule has 10 heteroatoms. The Morgan fingerprint density at radius 1 is 0.875 bits per heavy atom. The first-order chi connectivity index (χ1) is 15.0. The highest BCUT2D eigenvalue weighted by Gasteiger charge is 2.31. The summed E-state index contributed by atoms with van der Waals surface area (Å²) in [6, 6.07) is 4.94. The normalized spacial score (nSPS) is 14.9. The highest BCUT2D eigenvalue weighted by atomic mass is 32.1. The van der Waals surface area contributed by atoms with Crippen molar-refractivity contribution in [2.24, 2.45) is 17.6 Å². The zero-order valence-corrected chi connectivity index (χ0v) is 19.8. The van der Waals surface area contributed by atoms with E-state index in [1.807, 2.05) is 6.07 Å². The number of carbonyl (C=O) groups excluding carboxylic acids is 3. The van der Waals surface area contributed by atoms with Crippen LogP contribution in [0.2, 0.25) is 0 Å². The molecule has 1 aromatic carbocycles. The number of amides is 3. The molecular weight excluding hydrogens is 432 g/mol. The third-order valence-corrected chi connectivity index (χ3v) is 5.35. The molecule has 0 heterocycles. The number of carboxylic acid groups (broad SMARTS) is 1. The summed E-state index contributed by atoms with van der Waals surface area (Å²) < 4.78 is 0. The zero-order valence-electron chi connectivity index (χ0n) is 18.9. The van der Waals surface area contributed by atoms with Crippen LogP contribution in [0.3, 0.4) is 0 Å². The molecule has 1 rings (SSSR count). The quantitative estimate of drug-likeness (QED) is 0.245. The van der Waals surface area contributed by atoms with E-state index >= 15 is 0 Å². The van der Waals surface area contributed by atoms with E-state index in [1.165, 1.54) is 0 Å². The van der Waals surface area contributed by atoms with Gasteiger partial charge in [-0.1, -0.05) is 58.0 Å². The minimum atomic E-state index is -1.19. The van der Waals surface area contributed by atoms with Gasteiger partial charge in [0.05, 0.1) is 6.04 Å². The maximum Gasteiger partial charge on any atom is 0.326 e. The molecule has 4 unspecified atom stereocenters. The molecule has 4 atom stereocenters. The van der Waals surface area contributed by atoms with Crippen LogP contribution in [-0.4, -0.2) is 58.7 Å². The summed E-state index contributed by atoms with van der Waals surface area (Å²) in [5, 5.41) is 17.1. The minimum Gasteiger partial charge on any atom is -0.480 e. The van der Waals surface area contributed by atoms with Gasteiger partial charge in [-0.3, -0.25) is 14.4 Å². The van der Waals surface area contributed by atoms with Gasteiger partial charge in [-0.15, -0.1) is 0 Å². The van der Waals surface area contributed by atoms with Gasteiger partial charge in [-0.2, -0.15) is 12.6 Å². The van der Waals surface area contributed by atoms with Gasteiger partial charge in [-0.05, 0) is 17.4 Å². The molecule has 0 bridgehead atoms. The van der Waals surface area contributed by atoms with E-state index in [9.17, 15) is 24.3 Å². The van der Waals surface area contributed by atoms with Gasteiger partial charge in [-0.25, -0.2) is 4.79 Å². The van der Waals surface area contributed by atoms with Crippen LogP contribution in [0.5, 0.6) is 0 Å². The van der Waals surface area contributed by atoms with Crippen LogP contribution in [0.25, 0.3) is 0 Å². The highest BCUT2D eigenvalue weighted by Crippen LogP contribution is 2.07. The molecule has 0 radical (unpaired) electrons. The average Bonchev–Trinajstić information content (AvgIpc) is 2.74. The van der Waals surface area contributed by atoms with Crippen molar-refractivity contribution in [2.75, 3.05) is 5.75 Å². The van der Waals surface area contributed by atoms with Crippen molar-refractivity contribution in [2.45, 2.75) is 58.3 Å². The van der Waals surface area contributed by atoms with Crippen molar-refractivity contribution in [3.05, 3.63) is 35.9 Å². The predicted molar refractivity (Wildman–Crippen MR) is 125 cm³/mol. The summed E-state index contributed by atoms with van der Waals surface area (Å²) in [4.78, 5) is 49.4. The Hall–Kier alpha value is -2.59. The molecule has 0 aliphatic heterocycles. The lowest BCUT2D eigenvalue weighted by Crippen LogP contribution is -2.59. The second kappa shape index (κ2) is 13.1. The summed E-state index contributed by atoms with van der Waals surface area (Å²) in [5.74, 6) is -3.35. The number of nitrogens with two attached hydrogens (primary N) is 1. The van der Waals surface area contributed by atoms with Crippen LogP contribution in [-0.2, 0) is 25.6 Å². The second-order valence-corrected chi connectivity index (χ2v) is 8.70. The Labute approximate surface area is 194 Å². The van der Waals surface area contributed by atoms with Crippen LogP contribution >= 0.6 is 12.6 Å². The van der Waals surface area contributed by atoms with E-state index in [2.05, 4.69) is 28.6 Å². The Morgan fingerprint density at radius 3 is 1.91 bits per heavy atom. The number of hydrogen-bond donors (Lipinski definition) is 6. The second-order valence-electron chi connectivity index (χ2n) is 8.33. The lowest BCUT2D eigenvalue weighted by molar-refractivity contribution is -0.142. The maximum atomic E-state index is 12.8. The Bertz CT molecular complexity index is 788. The maximum absolute atomic E-state index is 12.8. The topological polar surface area (TPSA) is 151 Å². The van der Waals surface area contributed by atoms with Crippen molar-refractivity contribution in [3.63, 3.8) is 0 Å². The van der Waals surface area contributed by atoms with Crippen LogP contribution in [0.4, 0.5) is 0 Å². The standard InChI is InChI=1S/C22H34N4O5S/c1-12(2)17(23)20(28)26-18(13(3)4)21(29)25-16(11-32)19(27)24-15(22(30)31)10-14-8-6-5-7-9-14/h5-9,12-13,15-18,32H,10-11,23H2,1-4H3,(H,24,27)(H,25,29)(H,26,28)(H,30,31).